The third-order valence-corrected chi connectivity index (χ3v) is 6.11. The lowest BCUT2D eigenvalue weighted by atomic mass is 9.88. The lowest BCUT2D eigenvalue weighted by molar-refractivity contribution is -0.137. The van der Waals surface area contributed by atoms with Crippen molar-refractivity contribution in [1.82, 2.24) is 4.90 Å². The van der Waals surface area contributed by atoms with Crippen molar-refractivity contribution in [3.8, 4) is 17.2 Å². The van der Waals surface area contributed by atoms with Crippen molar-refractivity contribution >= 4 is 17.5 Å². The van der Waals surface area contributed by atoms with Crippen LogP contribution in [0.1, 0.15) is 58.3 Å². The number of carbonyl (C=O) groups excluding carboxylic acids is 2. The predicted octanol–water partition coefficient (Wildman–Crippen LogP) is 7.20. The highest BCUT2D eigenvalue weighted by atomic mass is 19.4. The molecule has 4 rings (SSSR count). The SMILES string of the molecule is COc1ccc(Oc2ccccc2NC(C)=O)cc1.FC(F)F.O=C(C1CCCCC1)N1CCCCC1. The number of halogens is 3. The van der Waals surface area contributed by atoms with Gasteiger partial charge in [-0.2, -0.15) is 13.2 Å². The summed E-state index contributed by atoms with van der Waals surface area (Å²) in [6.45, 7) is -0.158. The molecule has 6 nitrogen and oxygen atoms in total. The van der Waals surface area contributed by atoms with Crippen molar-refractivity contribution < 1.29 is 32.2 Å². The van der Waals surface area contributed by atoms with Crippen LogP contribution in [0, 0.1) is 5.92 Å². The molecule has 0 spiro atoms. The molecule has 37 heavy (non-hydrogen) atoms. The fourth-order valence-electron chi connectivity index (χ4n) is 4.34. The minimum absolute atomic E-state index is 0.134. The highest BCUT2D eigenvalue weighted by Gasteiger charge is 2.26. The molecular formula is C28H37F3N2O4. The quantitative estimate of drug-likeness (QED) is 0.451. The summed E-state index contributed by atoms with van der Waals surface area (Å²) in [6, 6.07) is 14.5. The maximum Gasteiger partial charge on any atom is 0.379 e. The Morgan fingerprint density at radius 2 is 1.41 bits per heavy atom. The summed E-state index contributed by atoms with van der Waals surface area (Å²) in [5.74, 6) is 2.75. The number of likely N-dealkylation sites (tertiary alicyclic amines) is 1. The molecule has 9 heteroatoms. The van der Waals surface area contributed by atoms with Gasteiger partial charge in [-0.25, -0.2) is 0 Å². The molecular weight excluding hydrogens is 485 g/mol. The van der Waals surface area contributed by atoms with Crippen molar-refractivity contribution in [1.29, 1.82) is 0 Å². The fourth-order valence-corrected chi connectivity index (χ4v) is 4.34. The number of hydrogen-bond acceptors (Lipinski definition) is 4. The molecule has 204 valence electrons. The highest BCUT2D eigenvalue weighted by molar-refractivity contribution is 5.90. The number of nitrogens with one attached hydrogen (secondary N) is 1. The lowest BCUT2D eigenvalue weighted by Gasteiger charge is -2.31. The Labute approximate surface area is 217 Å². The van der Waals surface area contributed by atoms with Gasteiger partial charge < -0.3 is 19.7 Å². The topological polar surface area (TPSA) is 67.9 Å². The van der Waals surface area contributed by atoms with Crippen LogP contribution < -0.4 is 14.8 Å². The normalized spacial score (nSPS) is 15.5. The minimum atomic E-state index is -3.67. The second-order valence-electron chi connectivity index (χ2n) is 8.92. The molecule has 1 saturated heterocycles. The molecule has 2 fully saturated rings. The zero-order valence-corrected chi connectivity index (χ0v) is 21.6. The van der Waals surface area contributed by atoms with E-state index in [1.54, 1.807) is 19.2 Å². The molecule has 2 aromatic carbocycles. The summed E-state index contributed by atoms with van der Waals surface area (Å²) in [6.07, 6.45) is 9.92. The summed E-state index contributed by atoms with van der Waals surface area (Å²) in [5, 5.41) is 2.73. The van der Waals surface area contributed by atoms with Crippen LogP contribution in [0.25, 0.3) is 0 Å². The van der Waals surface area contributed by atoms with E-state index in [2.05, 4.69) is 10.2 Å². The van der Waals surface area contributed by atoms with Crippen LogP contribution in [0.15, 0.2) is 48.5 Å². The Kier molecular flexibility index (Phi) is 13.4. The summed E-state index contributed by atoms with van der Waals surface area (Å²) < 4.78 is 39.8. The highest BCUT2D eigenvalue weighted by Crippen LogP contribution is 2.30. The predicted molar refractivity (Wildman–Crippen MR) is 138 cm³/mol. The van der Waals surface area contributed by atoms with E-state index in [-0.39, 0.29) is 5.91 Å². The second kappa shape index (κ2) is 16.5. The van der Waals surface area contributed by atoms with Crippen molar-refractivity contribution in [2.45, 2.75) is 65.0 Å². The maximum atomic E-state index is 12.1. The van der Waals surface area contributed by atoms with Crippen LogP contribution in [-0.2, 0) is 9.59 Å². The summed E-state index contributed by atoms with van der Waals surface area (Å²) in [4.78, 5) is 25.3. The number of piperidine rings is 1. The number of rotatable bonds is 5. The number of hydrogen-bond donors (Lipinski definition) is 1. The molecule has 2 aliphatic rings. The van der Waals surface area contributed by atoms with Gasteiger partial charge in [0.05, 0.1) is 12.8 Å². The molecule has 1 N–H and O–H groups in total. The Morgan fingerprint density at radius 3 is 1.97 bits per heavy atom. The first-order valence-corrected chi connectivity index (χ1v) is 12.7. The van der Waals surface area contributed by atoms with Crippen LogP contribution in [0.4, 0.5) is 18.9 Å². The third kappa shape index (κ3) is 11.6. The second-order valence-corrected chi connectivity index (χ2v) is 8.92. The molecule has 2 amide bonds. The number of para-hydroxylation sites is 2. The molecule has 1 aliphatic heterocycles. The monoisotopic (exact) mass is 522 g/mol. The summed E-state index contributed by atoms with van der Waals surface area (Å²) in [7, 11) is 1.61. The van der Waals surface area contributed by atoms with Gasteiger partial charge in [0.15, 0.2) is 5.75 Å². The van der Waals surface area contributed by atoms with Gasteiger partial charge in [-0.15, -0.1) is 0 Å². The number of anilines is 1. The summed E-state index contributed by atoms with van der Waals surface area (Å²) >= 11 is 0. The van der Waals surface area contributed by atoms with Gasteiger partial charge in [-0.05, 0) is 68.5 Å². The van der Waals surface area contributed by atoms with Crippen molar-refractivity contribution in [2.75, 3.05) is 25.5 Å². The summed E-state index contributed by atoms with van der Waals surface area (Å²) in [5.41, 5.74) is 0.644. The smallest absolute Gasteiger partial charge is 0.379 e. The average Bonchev–Trinajstić information content (AvgIpc) is 2.91. The van der Waals surface area contributed by atoms with E-state index in [1.807, 2.05) is 36.4 Å². The zero-order valence-electron chi connectivity index (χ0n) is 21.6. The van der Waals surface area contributed by atoms with Crippen LogP contribution in [0.2, 0.25) is 0 Å². The average molecular weight is 523 g/mol. The first-order valence-electron chi connectivity index (χ1n) is 12.7. The zero-order chi connectivity index (χ0) is 27.0. The van der Waals surface area contributed by atoms with Crippen molar-refractivity contribution in [3.63, 3.8) is 0 Å². The number of alkyl halides is 3. The lowest BCUT2D eigenvalue weighted by Crippen LogP contribution is -2.40. The molecule has 0 radical (unpaired) electrons. The Hall–Kier alpha value is -3.23. The van der Waals surface area contributed by atoms with Crippen LogP contribution in [-0.4, -0.2) is 43.6 Å². The molecule has 0 bridgehead atoms. The van der Waals surface area contributed by atoms with E-state index >= 15 is 0 Å². The van der Waals surface area contributed by atoms with Crippen LogP contribution >= 0.6 is 0 Å². The minimum Gasteiger partial charge on any atom is -0.497 e. The Bertz CT molecular complexity index is 922. The molecule has 1 saturated carbocycles. The Balaban J connectivity index is 0.000000235. The van der Waals surface area contributed by atoms with Gasteiger partial charge in [0.2, 0.25) is 11.8 Å². The first-order chi connectivity index (χ1) is 17.8. The number of carbonyl (C=O) groups is 2. The Morgan fingerprint density at radius 1 is 0.865 bits per heavy atom. The van der Waals surface area contributed by atoms with Gasteiger partial charge in [-0.3, -0.25) is 9.59 Å². The molecule has 1 aliphatic carbocycles. The van der Waals surface area contributed by atoms with Crippen molar-refractivity contribution in [2.24, 2.45) is 5.92 Å². The number of ether oxygens (including phenoxy) is 2. The van der Waals surface area contributed by atoms with E-state index < -0.39 is 6.68 Å². The number of benzene rings is 2. The van der Waals surface area contributed by atoms with E-state index in [9.17, 15) is 22.8 Å². The van der Waals surface area contributed by atoms with E-state index in [0.29, 0.717) is 29.0 Å². The third-order valence-electron chi connectivity index (χ3n) is 6.11. The van der Waals surface area contributed by atoms with E-state index in [4.69, 9.17) is 9.47 Å². The van der Waals surface area contributed by atoms with Crippen LogP contribution in [0.3, 0.4) is 0 Å². The van der Waals surface area contributed by atoms with Gasteiger partial charge in [-0.1, -0.05) is 31.4 Å². The van der Waals surface area contributed by atoms with Gasteiger partial charge in [0.25, 0.3) is 0 Å². The molecule has 1 heterocycles. The van der Waals surface area contributed by atoms with E-state index in [0.717, 1.165) is 31.7 Å². The molecule has 0 atom stereocenters. The molecule has 0 aromatic heterocycles. The van der Waals surface area contributed by atoms with E-state index in [1.165, 1.54) is 45.4 Å². The largest absolute Gasteiger partial charge is 0.497 e. The van der Waals surface area contributed by atoms with Crippen molar-refractivity contribution in [3.05, 3.63) is 48.5 Å². The van der Waals surface area contributed by atoms with Gasteiger partial charge in [0.1, 0.15) is 11.5 Å². The first kappa shape index (κ1) is 30.0. The maximum absolute atomic E-state index is 12.1. The molecule has 0 unspecified atom stereocenters. The fraction of sp³-hybridized carbons (Fsp3) is 0.500. The van der Waals surface area contributed by atoms with Gasteiger partial charge >= 0.3 is 6.68 Å². The van der Waals surface area contributed by atoms with Gasteiger partial charge in [0, 0.05) is 25.9 Å². The van der Waals surface area contributed by atoms with Crippen LogP contribution in [0.5, 0.6) is 17.2 Å². The number of amides is 2. The number of methoxy groups -OCH3 is 1. The number of nitrogens with zero attached hydrogens (tertiary/aromatic N) is 1. The molecule has 2 aromatic rings. The standard InChI is InChI=1S/C15H15NO3.C12H21NO.CHF3/c1-11(17)16-14-5-3-4-6-15(14)19-13-9-7-12(18-2)8-10-13;14-12(11-7-3-1-4-8-11)13-9-5-2-6-10-13;2-1(3)4/h3-10H,1-2H3,(H,16,17);11H,1-10H2;1H.